The topological polar surface area (TPSA) is 76.7 Å². The lowest BCUT2D eigenvalue weighted by atomic mass is 10.1. The van der Waals surface area contributed by atoms with Crippen molar-refractivity contribution in [3.05, 3.63) is 48.0 Å². The molecule has 2 amide bonds. The second kappa shape index (κ2) is 8.21. The van der Waals surface area contributed by atoms with Gasteiger partial charge in [-0.1, -0.05) is 18.2 Å². The Hall–Kier alpha value is -2.73. The molecule has 6 nitrogen and oxygen atoms in total. The predicted octanol–water partition coefficient (Wildman–Crippen LogP) is 3.13. The summed E-state index contributed by atoms with van der Waals surface area (Å²) in [5.74, 6) is -0.312. The van der Waals surface area contributed by atoms with Gasteiger partial charge >= 0.3 is 0 Å². The van der Waals surface area contributed by atoms with Gasteiger partial charge in [0.15, 0.2) is 0 Å². The van der Waals surface area contributed by atoms with Crippen molar-refractivity contribution >= 4 is 34.8 Å². The summed E-state index contributed by atoms with van der Waals surface area (Å²) >= 11 is 5.49. The fourth-order valence-corrected chi connectivity index (χ4v) is 2.14. The van der Waals surface area contributed by atoms with Crippen molar-refractivity contribution in [1.82, 2.24) is 0 Å². The Morgan fingerprint density at radius 3 is 2.25 bits per heavy atom. The van der Waals surface area contributed by atoms with E-state index in [4.69, 9.17) is 21.1 Å². The van der Waals surface area contributed by atoms with Gasteiger partial charge in [-0.3, -0.25) is 9.59 Å². The zero-order chi connectivity index (χ0) is 17.5. The molecule has 0 atom stereocenters. The molecule has 0 heterocycles. The van der Waals surface area contributed by atoms with Gasteiger partial charge < -0.3 is 20.1 Å². The largest absolute Gasteiger partial charge is 0.496 e. The summed E-state index contributed by atoms with van der Waals surface area (Å²) in [6.07, 6.45) is 0. The lowest BCUT2D eigenvalue weighted by Gasteiger charge is -2.15. The number of ether oxygens (including phenoxy) is 2. The lowest BCUT2D eigenvalue weighted by molar-refractivity contribution is -0.113. The number of carbonyl (C=O) groups excluding carboxylic acids is 2. The highest BCUT2D eigenvalue weighted by atomic mass is 35.5. The molecule has 2 rings (SSSR count). The molecule has 24 heavy (non-hydrogen) atoms. The molecule has 0 aliphatic rings. The Balaban J connectivity index is 2.35. The van der Waals surface area contributed by atoms with E-state index in [1.165, 1.54) is 26.4 Å². The highest BCUT2D eigenvalue weighted by Crippen LogP contribution is 2.33. The number of hydrogen-bond acceptors (Lipinski definition) is 4. The number of hydrogen-bond donors (Lipinski definition) is 2. The molecule has 0 aliphatic heterocycles. The van der Waals surface area contributed by atoms with E-state index in [2.05, 4.69) is 10.6 Å². The van der Waals surface area contributed by atoms with E-state index >= 15 is 0 Å². The number of alkyl halides is 1. The summed E-state index contributed by atoms with van der Waals surface area (Å²) in [4.78, 5) is 24.0. The first-order chi connectivity index (χ1) is 11.6. The van der Waals surface area contributed by atoms with Crippen LogP contribution in [0.3, 0.4) is 0 Å². The number of carbonyl (C=O) groups is 2. The van der Waals surface area contributed by atoms with Crippen LogP contribution in [0.25, 0.3) is 0 Å². The van der Waals surface area contributed by atoms with Crippen molar-refractivity contribution in [1.29, 1.82) is 0 Å². The van der Waals surface area contributed by atoms with Gasteiger partial charge in [-0.25, -0.2) is 0 Å². The Morgan fingerprint density at radius 1 is 1.00 bits per heavy atom. The summed E-state index contributed by atoms with van der Waals surface area (Å²) in [6.45, 7) is 0. The molecule has 0 aromatic heterocycles. The Morgan fingerprint density at radius 2 is 1.67 bits per heavy atom. The fourth-order valence-electron chi connectivity index (χ4n) is 2.08. The Bertz CT molecular complexity index is 735. The number of para-hydroxylation sites is 1. The number of benzene rings is 2. The molecule has 0 unspecified atom stereocenters. The van der Waals surface area contributed by atoms with E-state index in [-0.39, 0.29) is 17.4 Å². The van der Waals surface area contributed by atoms with E-state index in [9.17, 15) is 9.59 Å². The average molecular weight is 349 g/mol. The van der Waals surface area contributed by atoms with Gasteiger partial charge in [0.2, 0.25) is 5.91 Å². The van der Waals surface area contributed by atoms with Crippen LogP contribution in [0.1, 0.15) is 10.4 Å². The van der Waals surface area contributed by atoms with E-state index in [1.807, 2.05) is 18.2 Å². The van der Waals surface area contributed by atoms with Crippen LogP contribution >= 0.6 is 11.6 Å². The minimum absolute atomic E-state index is 0.193. The second-order valence-electron chi connectivity index (χ2n) is 4.75. The molecule has 2 N–H and O–H groups in total. The first kappa shape index (κ1) is 17.6. The van der Waals surface area contributed by atoms with Crippen LogP contribution in [-0.4, -0.2) is 31.9 Å². The van der Waals surface area contributed by atoms with Crippen molar-refractivity contribution in [3.63, 3.8) is 0 Å². The van der Waals surface area contributed by atoms with Crippen LogP contribution in [0.4, 0.5) is 11.4 Å². The zero-order valence-electron chi connectivity index (χ0n) is 13.3. The van der Waals surface area contributed by atoms with Crippen molar-refractivity contribution in [2.75, 3.05) is 30.7 Å². The summed E-state index contributed by atoms with van der Waals surface area (Å²) in [7, 11) is 2.88. The quantitative estimate of drug-likeness (QED) is 0.786. The maximum absolute atomic E-state index is 12.5. The van der Waals surface area contributed by atoms with E-state index in [0.29, 0.717) is 22.9 Å². The van der Waals surface area contributed by atoms with Crippen LogP contribution in [-0.2, 0) is 4.79 Å². The van der Waals surface area contributed by atoms with E-state index in [1.54, 1.807) is 12.1 Å². The maximum Gasteiger partial charge on any atom is 0.259 e. The third-order valence-electron chi connectivity index (χ3n) is 3.19. The van der Waals surface area contributed by atoms with E-state index < -0.39 is 5.91 Å². The molecule has 2 aromatic carbocycles. The third kappa shape index (κ3) is 4.17. The first-order valence-electron chi connectivity index (χ1n) is 7.07. The highest BCUT2D eigenvalue weighted by Gasteiger charge is 2.18. The molecule has 0 aliphatic carbocycles. The van der Waals surface area contributed by atoms with Gasteiger partial charge in [-0.15, -0.1) is 11.6 Å². The summed E-state index contributed by atoms with van der Waals surface area (Å²) in [5.41, 5.74) is 1.31. The number of nitrogens with one attached hydrogen (secondary N) is 2. The normalized spacial score (nSPS) is 9.96. The minimum atomic E-state index is -0.390. The predicted molar refractivity (Wildman–Crippen MR) is 93.3 cm³/mol. The maximum atomic E-state index is 12.5. The standard InChI is InChI=1S/C17H17ClN2O4/c1-23-14-9-13(20-16(21)10-18)15(24-2)8-12(14)17(22)19-11-6-4-3-5-7-11/h3-9H,10H2,1-2H3,(H,19,22)(H,20,21). The van der Waals surface area contributed by atoms with Gasteiger partial charge in [0.05, 0.1) is 25.5 Å². The SMILES string of the molecule is COc1cc(C(=O)Nc2ccccc2)c(OC)cc1NC(=O)CCl. The molecule has 7 heteroatoms. The van der Waals surface area contributed by atoms with E-state index in [0.717, 1.165) is 0 Å². The fraction of sp³-hybridized carbons (Fsp3) is 0.176. The number of rotatable bonds is 6. The van der Waals surface area contributed by atoms with Crippen LogP contribution in [0.2, 0.25) is 0 Å². The summed E-state index contributed by atoms with van der Waals surface area (Å²) in [5, 5.41) is 5.37. The molecule has 0 spiro atoms. The summed E-state index contributed by atoms with van der Waals surface area (Å²) in [6, 6.07) is 12.1. The lowest BCUT2D eigenvalue weighted by Crippen LogP contribution is -2.16. The Kier molecular flexibility index (Phi) is 6.03. The average Bonchev–Trinajstić information content (AvgIpc) is 2.61. The first-order valence-corrected chi connectivity index (χ1v) is 7.60. The van der Waals surface area contributed by atoms with Gasteiger partial charge in [-0.05, 0) is 18.2 Å². The number of amides is 2. The molecule has 0 fully saturated rings. The molecular weight excluding hydrogens is 332 g/mol. The monoisotopic (exact) mass is 348 g/mol. The van der Waals surface area contributed by atoms with Crippen molar-refractivity contribution in [2.45, 2.75) is 0 Å². The molecule has 0 saturated carbocycles. The van der Waals surface area contributed by atoms with Crippen LogP contribution < -0.4 is 20.1 Å². The van der Waals surface area contributed by atoms with Gasteiger partial charge in [0.1, 0.15) is 17.4 Å². The zero-order valence-corrected chi connectivity index (χ0v) is 14.0. The molecular formula is C17H17ClN2O4. The third-order valence-corrected chi connectivity index (χ3v) is 3.44. The highest BCUT2D eigenvalue weighted by molar-refractivity contribution is 6.29. The number of methoxy groups -OCH3 is 2. The van der Waals surface area contributed by atoms with Gasteiger partial charge in [0, 0.05) is 11.8 Å². The number of anilines is 2. The molecule has 2 aromatic rings. The molecule has 0 radical (unpaired) electrons. The van der Waals surface area contributed by atoms with Crippen LogP contribution in [0.5, 0.6) is 11.5 Å². The second-order valence-corrected chi connectivity index (χ2v) is 5.02. The van der Waals surface area contributed by atoms with Crippen molar-refractivity contribution < 1.29 is 19.1 Å². The van der Waals surface area contributed by atoms with Gasteiger partial charge in [0.25, 0.3) is 5.91 Å². The number of halogens is 1. The van der Waals surface area contributed by atoms with Crippen LogP contribution in [0.15, 0.2) is 42.5 Å². The van der Waals surface area contributed by atoms with Crippen LogP contribution in [0, 0.1) is 0 Å². The molecule has 0 saturated heterocycles. The smallest absolute Gasteiger partial charge is 0.259 e. The van der Waals surface area contributed by atoms with Crippen molar-refractivity contribution in [2.24, 2.45) is 0 Å². The molecule has 126 valence electrons. The minimum Gasteiger partial charge on any atom is -0.496 e. The van der Waals surface area contributed by atoms with Gasteiger partial charge in [-0.2, -0.15) is 0 Å². The van der Waals surface area contributed by atoms with Crippen molar-refractivity contribution in [3.8, 4) is 11.5 Å². The Labute approximate surface area is 144 Å². The summed E-state index contributed by atoms with van der Waals surface area (Å²) < 4.78 is 10.5. The molecule has 0 bridgehead atoms.